The number of aliphatic hydroxyl groups excluding tert-OH is 1. The van der Waals surface area contributed by atoms with Crippen molar-refractivity contribution in [1.29, 1.82) is 0 Å². The van der Waals surface area contributed by atoms with Crippen LogP contribution in [0.15, 0.2) is 84.2 Å². The average Bonchev–Trinajstić information content (AvgIpc) is 3.55. The van der Waals surface area contributed by atoms with Gasteiger partial charge in [-0.2, -0.15) is 8.78 Å². The molecule has 2 aromatic carbocycles. The third-order valence-corrected chi connectivity index (χ3v) is 10.4. The highest BCUT2D eigenvalue weighted by Crippen LogP contribution is 2.52. The van der Waals surface area contributed by atoms with Gasteiger partial charge < -0.3 is 20.0 Å². The number of hydrazine groups is 2. The fourth-order valence-corrected chi connectivity index (χ4v) is 7.05. The first kappa shape index (κ1) is 33.8. The van der Waals surface area contributed by atoms with E-state index in [4.69, 9.17) is 0 Å². The quantitative estimate of drug-likeness (QED) is 0.225. The van der Waals surface area contributed by atoms with Gasteiger partial charge in [0, 0.05) is 61.8 Å². The summed E-state index contributed by atoms with van der Waals surface area (Å²) in [6, 6.07) is 16.8. The molecule has 1 saturated heterocycles. The van der Waals surface area contributed by atoms with Crippen molar-refractivity contribution in [2.75, 3.05) is 43.0 Å². The minimum absolute atomic E-state index is 0.0733. The number of nitrogens with zero attached hydrogens (tertiary/aromatic N) is 7. The largest absolute Gasteiger partial charge is 0.387 e. The molecule has 2 aromatic heterocycles. The number of nitrogens with one attached hydrogen (secondary N) is 1. The number of alkyl halides is 2. The Morgan fingerprint density at radius 2 is 1.58 bits per heavy atom. The molecule has 0 spiro atoms. The van der Waals surface area contributed by atoms with Crippen molar-refractivity contribution in [1.82, 2.24) is 25.6 Å². The second kappa shape index (κ2) is 12.9. The van der Waals surface area contributed by atoms with Crippen LogP contribution in [0.1, 0.15) is 55.8 Å². The number of aromatic nitrogens is 2. The molecule has 1 fully saturated rings. The van der Waals surface area contributed by atoms with Gasteiger partial charge in [-0.25, -0.2) is 9.51 Å². The Morgan fingerprint density at radius 1 is 0.920 bits per heavy atom. The van der Waals surface area contributed by atoms with Crippen LogP contribution in [0, 0.1) is 11.7 Å². The summed E-state index contributed by atoms with van der Waals surface area (Å²) < 4.78 is 47.3. The summed E-state index contributed by atoms with van der Waals surface area (Å²) in [5, 5.41) is 29.3. The van der Waals surface area contributed by atoms with E-state index in [1.165, 1.54) is 35.4 Å². The Kier molecular flexibility index (Phi) is 8.69. The summed E-state index contributed by atoms with van der Waals surface area (Å²) in [6.07, 6.45) is 3.54. The van der Waals surface area contributed by atoms with Gasteiger partial charge in [0.1, 0.15) is 11.5 Å². The lowest BCUT2D eigenvalue weighted by Crippen LogP contribution is -2.65. The van der Waals surface area contributed by atoms with Crippen LogP contribution in [0.25, 0.3) is 11.1 Å². The Balaban J connectivity index is 1.04. The fraction of sp³-hybridized carbons (Fsp3) is 0.378. The van der Waals surface area contributed by atoms with E-state index in [-0.39, 0.29) is 22.9 Å². The van der Waals surface area contributed by atoms with E-state index in [0.29, 0.717) is 11.3 Å². The highest BCUT2D eigenvalue weighted by Gasteiger charge is 2.64. The van der Waals surface area contributed by atoms with E-state index in [1.807, 2.05) is 49.5 Å². The zero-order valence-corrected chi connectivity index (χ0v) is 28.4. The van der Waals surface area contributed by atoms with Gasteiger partial charge >= 0.3 is 5.92 Å². The number of piperazine rings is 1. The van der Waals surface area contributed by atoms with Gasteiger partial charge in [-0.15, -0.1) is 10.6 Å². The van der Waals surface area contributed by atoms with E-state index in [9.17, 15) is 14.6 Å². The number of rotatable bonds is 8. The minimum Gasteiger partial charge on any atom is -0.387 e. The van der Waals surface area contributed by atoms with Crippen molar-refractivity contribution in [3.8, 4) is 11.1 Å². The molecule has 2 unspecified atom stereocenters. The molecule has 0 saturated carbocycles. The Hall–Kier alpha value is -4.72. The minimum atomic E-state index is -3.86. The van der Waals surface area contributed by atoms with Crippen LogP contribution in [0.4, 0.5) is 24.5 Å². The number of hydrazone groups is 1. The topological polar surface area (TPSA) is 104 Å². The summed E-state index contributed by atoms with van der Waals surface area (Å²) in [5.74, 6) is -4.10. The number of benzene rings is 2. The van der Waals surface area contributed by atoms with Crippen LogP contribution >= 0.6 is 0 Å². The Labute approximate surface area is 289 Å². The zero-order chi connectivity index (χ0) is 35.4. The van der Waals surface area contributed by atoms with Gasteiger partial charge in [-0.05, 0) is 60.9 Å². The van der Waals surface area contributed by atoms with Gasteiger partial charge in [0.15, 0.2) is 11.4 Å². The lowest BCUT2D eigenvalue weighted by atomic mass is 9.74. The van der Waals surface area contributed by atoms with Crippen molar-refractivity contribution < 1.29 is 23.4 Å². The average molecular weight is 687 g/mol. The third kappa shape index (κ3) is 5.62. The number of fused-ring (bicyclic) bond motifs is 3. The summed E-state index contributed by atoms with van der Waals surface area (Å²) in [6.45, 7) is 8.81. The molecule has 3 aliphatic heterocycles. The molecule has 0 aliphatic carbocycles. The van der Waals surface area contributed by atoms with Crippen molar-refractivity contribution in [2.45, 2.75) is 50.9 Å². The van der Waals surface area contributed by atoms with E-state index in [2.05, 4.69) is 37.3 Å². The summed E-state index contributed by atoms with van der Waals surface area (Å²) in [5.41, 5.74) is 3.66. The first-order valence-electron chi connectivity index (χ1n) is 16.9. The van der Waals surface area contributed by atoms with Gasteiger partial charge in [-0.1, -0.05) is 44.5 Å². The van der Waals surface area contributed by atoms with Crippen LogP contribution < -0.4 is 15.3 Å². The van der Waals surface area contributed by atoms with Gasteiger partial charge in [0.25, 0.3) is 0 Å². The maximum absolute atomic E-state index is 16.5. The maximum Gasteiger partial charge on any atom is 0.323 e. The monoisotopic (exact) mass is 686 g/mol. The number of pyridine rings is 2. The summed E-state index contributed by atoms with van der Waals surface area (Å²) in [7, 11) is 1.59. The number of hydrogen-bond acceptors (Lipinski definition) is 10. The molecule has 3 aliphatic rings. The van der Waals surface area contributed by atoms with Crippen molar-refractivity contribution in [3.63, 3.8) is 0 Å². The highest BCUT2D eigenvalue weighted by molar-refractivity contribution is 6.02. The van der Waals surface area contributed by atoms with Gasteiger partial charge in [-0.3, -0.25) is 15.0 Å². The van der Waals surface area contributed by atoms with E-state index in [0.717, 1.165) is 61.7 Å². The number of halogens is 3. The maximum atomic E-state index is 16.5. The molecule has 13 heteroatoms. The van der Waals surface area contributed by atoms with Crippen LogP contribution in [0.3, 0.4) is 0 Å². The van der Waals surface area contributed by atoms with E-state index in [1.54, 1.807) is 13.1 Å². The van der Waals surface area contributed by atoms with Crippen molar-refractivity contribution in [2.24, 2.45) is 11.0 Å². The summed E-state index contributed by atoms with van der Waals surface area (Å²) in [4.78, 5) is 13.3. The number of amidine groups is 1. The predicted octanol–water partition coefficient (Wildman–Crippen LogP) is 5.40. The third-order valence-electron chi connectivity index (χ3n) is 10.4. The van der Waals surface area contributed by atoms with Crippen LogP contribution in [-0.2, 0) is 11.5 Å². The molecule has 4 aromatic rings. The molecule has 7 rings (SSSR count). The predicted molar refractivity (Wildman–Crippen MR) is 186 cm³/mol. The zero-order valence-electron chi connectivity index (χ0n) is 28.4. The first-order valence-corrected chi connectivity index (χ1v) is 16.9. The van der Waals surface area contributed by atoms with Crippen LogP contribution in [0.2, 0.25) is 0 Å². The molecule has 0 bridgehead atoms. The molecule has 50 heavy (non-hydrogen) atoms. The molecule has 10 nitrogen and oxygen atoms in total. The first-order chi connectivity index (χ1) is 23.9. The Morgan fingerprint density at radius 3 is 2.20 bits per heavy atom. The fourth-order valence-electron chi connectivity index (χ4n) is 7.05. The molecule has 0 amide bonds. The SMILES string of the molecule is CCC(C)C(O)c1ccc(N2CCN(c3ccc(-c4ccc(C(F)(F)[C@@]5(O)c6ccc(F)cc6C6=NN(C)NN6[C@H]5C)nc4)cc3)CC2)cn1. The van der Waals surface area contributed by atoms with Crippen LogP contribution in [0.5, 0.6) is 0 Å². The van der Waals surface area contributed by atoms with E-state index < -0.39 is 35.2 Å². The second-order valence-electron chi connectivity index (χ2n) is 13.3. The lowest BCUT2D eigenvalue weighted by molar-refractivity contribution is -0.228. The van der Waals surface area contributed by atoms with Crippen molar-refractivity contribution in [3.05, 3.63) is 107 Å². The molecule has 3 N–H and O–H groups in total. The molecule has 4 atom stereocenters. The molecule has 0 radical (unpaired) electrons. The summed E-state index contributed by atoms with van der Waals surface area (Å²) >= 11 is 0. The number of anilines is 2. The second-order valence-corrected chi connectivity index (χ2v) is 13.3. The van der Waals surface area contributed by atoms with Gasteiger partial charge in [0.05, 0.1) is 29.7 Å². The molecular formula is C37H41F3N8O2. The van der Waals surface area contributed by atoms with E-state index >= 15 is 8.78 Å². The molecule has 5 heterocycles. The Bertz CT molecular complexity index is 1870. The van der Waals surface area contributed by atoms with Crippen molar-refractivity contribution >= 4 is 17.2 Å². The highest BCUT2D eigenvalue weighted by atomic mass is 19.3. The normalized spacial score (nSPS) is 21.9. The standard InChI is InChI=1S/C37H41F3N8O2/c1-5-23(2)34(49)32-14-12-29(22-41-32)47-18-16-46(17-19-47)28-10-6-25(7-11-28)26-8-15-33(42-21-26)37(39,40)36(50)24(3)48-35(43-45(4)44-48)30-20-27(38)9-13-31(30)36/h6-15,20-24,34,44,49-50H,5,16-19H2,1-4H3/t23?,24-,34?,36-/m0/s1. The number of hydrogen-bond donors (Lipinski definition) is 3. The molecular weight excluding hydrogens is 645 g/mol. The lowest BCUT2D eigenvalue weighted by Gasteiger charge is -2.48. The number of aliphatic hydroxyl groups is 2. The van der Waals surface area contributed by atoms with Crippen LogP contribution in [-0.4, -0.2) is 75.4 Å². The van der Waals surface area contributed by atoms with Gasteiger partial charge in [0.2, 0.25) is 0 Å². The molecule has 262 valence electrons. The smallest absolute Gasteiger partial charge is 0.323 e.